The Hall–Kier alpha value is -2.53. The second-order valence-electron chi connectivity index (χ2n) is 8.05. The number of anilines is 1. The average molecular weight is 469 g/mol. The topological polar surface area (TPSA) is 41.6 Å². The van der Waals surface area contributed by atoms with Crippen molar-refractivity contribution >= 4 is 34.8 Å². The Balaban J connectivity index is 1.50. The Morgan fingerprint density at radius 2 is 1.78 bits per heavy atom. The number of aryl methyl sites for hydroxylation is 1. The molecule has 1 heterocycles. The van der Waals surface area contributed by atoms with E-state index >= 15 is 0 Å². The lowest BCUT2D eigenvalue weighted by Crippen LogP contribution is -2.70. The van der Waals surface area contributed by atoms with Crippen LogP contribution in [0.5, 0.6) is 5.75 Å². The van der Waals surface area contributed by atoms with E-state index in [2.05, 4.69) is 30.4 Å². The number of hydrogen-bond donors (Lipinski definition) is 1. The average Bonchev–Trinajstić information content (AvgIpc) is 2.78. The fourth-order valence-electron chi connectivity index (χ4n) is 3.97. The van der Waals surface area contributed by atoms with Crippen molar-refractivity contribution in [2.45, 2.75) is 32.4 Å². The van der Waals surface area contributed by atoms with E-state index in [9.17, 15) is 4.79 Å². The molecule has 0 spiro atoms. The van der Waals surface area contributed by atoms with Crippen LogP contribution in [-0.2, 0) is 11.2 Å². The molecular formula is C26H26Cl2N2O2. The molecule has 3 aromatic rings. The molecule has 1 aliphatic heterocycles. The lowest BCUT2D eigenvalue weighted by atomic mass is 9.94. The van der Waals surface area contributed by atoms with Crippen LogP contribution in [0.15, 0.2) is 66.7 Å². The van der Waals surface area contributed by atoms with E-state index in [1.54, 1.807) is 18.2 Å². The highest BCUT2D eigenvalue weighted by Crippen LogP contribution is 2.36. The van der Waals surface area contributed by atoms with Crippen LogP contribution < -0.4 is 15.0 Å². The first-order chi connectivity index (χ1) is 15.5. The van der Waals surface area contributed by atoms with Crippen molar-refractivity contribution in [3.63, 3.8) is 0 Å². The van der Waals surface area contributed by atoms with Crippen molar-refractivity contribution in [3.05, 3.63) is 93.5 Å². The monoisotopic (exact) mass is 468 g/mol. The number of nitrogens with one attached hydrogen (secondary N) is 1. The number of benzene rings is 3. The maximum absolute atomic E-state index is 13.2. The van der Waals surface area contributed by atoms with Crippen molar-refractivity contribution < 1.29 is 9.53 Å². The second-order valence-corrected chi connectivity index (χ2v) is 8.89. The van der Waals surface area contributed by atoms with Gasteiger partial charge in [0.05, 0.1) is 11.1 Å². The predicted molar refractivity (Wildman–Crippen MR) is 131 cm³/mol. The van der Waals surface area contributed by atoms with E-state index in [-0.39, 0.29) is 11.9 Å². The van der Waals surface area contributed by atoms with Gasteiger partial charge in [0.1, 0.15) is 5.75 Å². The van der Waals surface area contributed by atoms with Gasteiger partial charge >= 0.3 is 0 Å². The van der Waals surface area contributed by atoms with E-state index in [0.717, 1.165) is 29.8 Å². The molecule has 32 heavy (non-hydrogen) atoms. The quantitative estimate of drug-likeness (QED) is 0.345. The third-order valence-electron chi connectivity index (χ3n) is 5.93. The molecule has 3 aromatic carbocycles. The number of rotatable bonds is 8. The van der Waals surface area contributed by atoms with Gasteiger partial charge in [-0.3, -0.25) is 4.79 Å². The van der Waals surface area contributed by atoms with Gasteiger partial charge in [-0.05, 0) is 67.8 Å². The molecule has 4 nitrogen and oxygen atoms in total. The summed E-state index contributed by atoms with van der Waals surface area (Å²) in [7, 11) is 0. The van der Waals surface area contributed by atoms with Crippen molar-refractivity contribution in [2.24, 2.45) is 0 Å². The number of halogens is 2. The summed E-state index contributed by atoms with van der Waals surface area (Å²) in [6, 6.07) is 21.3. The van der Waals surface area contributed by atoms with Crippen LogP contribution in [0.4, 0.5) is 5.69 Å². The van der Waals surface area contributed by atoms with Crippen LogP contribution >= 0.6 is 23.2 Å². The Bertz CT molecular complexity index is 1100. The van der Waals surface area contributed by atoms with Crippen LogP contribution in [0.1, 0.15) is 16.7 Å². The molecule has 1 saturated heterocycles. The SMILES string of the molecule is Cc1cccc(N2C(=O)[C@@H](Oc3ccc(Cl)cc3Cl)[C@@H]2CNCCc2ccccc2)c1C. The van der Waals surface area contributed by atoms with E-state index in [1.807, 2.05) is 42.2 Å². The smallest absolute Gasteiger partial charge is 0.270 e. The zero-order valence-electron chi connectivity index (χ0n) is 18.1. The lowest BCUT2D eigenvalue weighted by molar-refractivity contribution is -0.134. The number of carbonyl (C=O) groups excluding carboxylic acids is 1. The highest BCUT2D eigenvalue weighted by atomic mass is 35.5. The first-order valence-corrected chi connectivity index (χ1v) is 11.5. The number of hydrogen-bond acceptors (Lipinski definition) is 3. The van der Waals surface area contributed by atoms with Gasteiger partial charge < -0.3 is 15.0 Å². The molecule has 0 bridgehead atoms. The fourth-order valence-corrected chi connectivity index (χ4v) is 4.43. The Labute approximate surface area is 199 Å². The molecule has 1 aliphatic rings. The predicted octanol–water partition coefficient (Wildman–Crippen LogP) is 5.61. The van der Waals surface area contributed by atoms with Crippen LogP contribution in [0.2, 0.25) is 10.0 Å². The first kappa shape index (κ1) is 22.7. The van der Waals surface area contributed by atoms with Crippen molar-refractivity contribution in [1.82, 2.24) is 5.32 Å². The van der Waals surface area contributed by atoms with E-state index in [1.165, 1.54) is 5.56 Å². The molecule has 0 radical (unpaired) electrons. The molecule has 1 fully saturated rings. The summed E-state index contributed by atoms with van der Waals surface area (Å²) in [4.78, 5) is 15.0. The molecule has 0 saturated carbocycles. The normalized spacial score (nSPS) is 17.9. The van der Waals surface area contributed by atoms with Gasteiger partial charge in [-0.1, -0.05) is 65.7 Å². The first-order valence-electron chi connectivity index (χ1n) is 10.7. The maximum Gasteiger partial charge on any atom is 0.270 e. The fraction of sp³-hybridized carbons (Fsp3) is 0.269. The molecule has 1 amide bonds. The third-order valence-corrected chi connectivity index (χ3v) is 6.46. The van der Waals surface area contributed by atoms with Crippen LogP contribution in [0, 0.1) is 13.8 Å². The van der Waals surface area contributed by atoms with E-state index in [4.69, 9.17) is 27.9 Å². The van der Waals surface area contributed by atoms with Gasteiger partial charge in [0.2, 0.25) is 0 Å². The molecule has 0 aromatic heterocycles. The van der Waals surface area contributed by atoms with E-state index in [0.29, 0.717) is 22.3 Å². The maximum atomic E-state index is 13.2. The number of β-lactam (4-membered cyclic amide) rings is 1. The summed E-state index contributed by atoms with van der Waals surface area (Å²) in [5.41, 5.74) is 4.44. The number of ether oxygens (including phenoxy) is 1. The summed E-state index contributed by atoms with van der Waals surface area (Å²) >= 11 is 12.3. The Kier molecular flexibility index (Phi) is 7.04. The summed E-state index contributed by atoms with van der Waals surface area (Å²) in [5, 5.41) is 4.42. The van der Waals surface area contributed by atoms with Crippen LogP contribution in [0.25, 0.3) is 0 Å². The zero-order chi connectivity index (χ0) is 22.7. The Morgan fingerprint density at radius 1 is 1.00 bits per heavy atom. The minimum atomic E-state index is -0.613. The van der Waals surface area contributed by atoms with E-state index < -0.39 is 6.10 Å². The Morgan fingerprint density at radius 3 is 2.53 bits per heavy atom. The highest BCUT2D eigenvalue weighted by molar-refractivity contribution is 6.35. The third kappa shape index (κ3) is 4.78. The molecule has 6 heteroatoms. The molecule has 1 N–H and O–H groups in total. The lowest BCUT2D eigenvalue weighted by Gasteiger charge is -2.47. The molecule has 4 rings (SSSR count). The molecular weight excluding hydrogens is 443 g/mol. The van der Waals surface area contributed by atoms with Gasteiger partial charge in [-0.15, -0.1) is 0 Å². The standard InChI is InChI=1S/C26H26Cl2N2O2/c1-17-7-6-10-22(18(17)2)30-23(16-29-14-13-19-8-4-3-5-9-19)25(26(30)31)32-24-12-11-20(27)15-21(24)28/h3-12,15,23,25,29H,13-14,16H2,1-2H3/t23-,25-/m0/s1. The minimum Gasteiger partial charge on any atom is -0.477 e. The van der Waals surface area contributed by atoms with Crippen molar-refractivity contribution in [3.8, 4) is 5.75 Å². The number of carbonyl (C=O) groups is 1. The molecule has 166 valence electrons. The summed E-state index contributed by atoms with van der Waals surface area (Å²) < 4.78 is 6.08. The zero-order valence-corrected chi connectivity index (χ0v) is 19.7. The summed E-state index contributed by atoms with van der Waals surface area (Å²) in [6.45, 7) is 5.52. The van der Waals surface area contributed by atoms with Gasteiger partial charge in [0.25, 0.3) is 5.91 Å². The minimum absolute atomic E-state index is 0.0698. The van der Waals surface area contributed by atoms with Gasteiger partial charge in [-0.25, -0.2) is 0 Å². The van der Waals surface area contributed by atoms with Crippen molar-refractivity contribution in [1.29, 1.82) is 0 Å². The molecule has 0 aliphatic carbocycles. The second kappa shape index (κ2) is 9.95. The molecule has 0 unspecified atom stereocenters. The van der Waals surface area contributed by atoms with Crippen LogP contribution in [-0.4, -0.2) is 31.1 Å². The number of nitrogens with zero attached hydrogens (tertiary/aromatic N) is 1. The molecule has 2 atom stereocenters. The summed E-state index contributed by atoms with van der Waals surface area (Å²) in [5.74, 6) is 0.392. The van der Waals surface area contributed by atoms with Gasteiger partial charge in [-0.2, -0.15) is 0 Å². The van der Waals surface area contributed by atoms with Crippen LogP contribution in [0.3, 0.4) is 0 Å². The van der Waals surface area contributed by atoms with Gasteiger partial charge in [0, 0.05) is 17.3 Å². The van der Waals surface area contributed by atoms with Gasteiger partial charge in [0.15, 0.2) is 6.10 Å². The largest absolute Gasteiger partial charge is 0.477 e. The summed E-state index contributed by atoms with van der Waals surface area (Å²) in [6.07, 6.45) is 0.303. The highest BCUT2D eigenvalue weighted by Gasteiger charge is 2.50. The number of amides is 1. The van der Waals surface area contributed by atoms with Crippen molar-refractivity contribution in [2.75, 3.05) is 18.0 Å².